The Bertz CT molecular complexity index is 837. The highest BCUT2D eigenvalue weighted by molar-refractivity contribution is 9.11. The monoisotopic (exact) mass is 350 g/mol. The number of nitrogens with one attached hydrogen (secondary N) is 1. The number of non-ortho nitro benzene ring substituents is 1. The van der Waals surface area contributed by atoms with Gasteiger partial charge in [0, 0.05) is 23.2 Å². The molecule has 0 bridgehead atoms. The van der Waals surface area contributed by atoms with E-state index in [1.54, 1.807) is 24.3 Å². The maximum absolute atomic E-state index is 12.4. The van der Waals surface area contributed by atoms with Crippen LogP contribution in [0.5, 0.6) is 0 Å². The number of para-hydroxylation sites is 1. The van der Waals surface area contributed by atoms with Crippen molar-refractivity contribution in [1.82, 2.24) is 4.98 Å². The van der Waals surface area contributed by atoms with E-state index < -0.39 is 4.92 Å². The van der Waals surface area contributed by atoms with Crippen LogP contribution in [0.15, 0.2) is 40.3 Å². The first-order valence-electron chi connectivity index (χ1n) is 5.62. The van der Waals surface area contributed by atoms with Gasteiger partial charge in [0.1, 0.15) is 5.52 Å². The number of nitro groups is 1. The zero-order valence-electron chi connectivity index (χ0n) is 9.92. The van der Waals surface area contributed by atoms with E-state index in [4.69, 9.17) is 0 Å². The van der Waals surface area contributed by atoms with Gasteiger partial charge in [-0.1, -0.05) is 12.1 Å². The Balaban J connectivity index is 2.16. The van der Waals surface area contributed by atoms with Gasteiger partial charge in [0.15, 0.2) is 0 Å². The van der Waals surface area contributed by atoms with Crippen LogP contribution in [-0.4, -0.2) is 15.7 Å². The van der Waals surface area contributed by atoms with Crippen LogP contribution >= 0.6 is 27.3 Å². The number of aromatic nitrogens is 1. The van der Waals surface area contributed by atoms with Crippen molar-refractivity contribution >= 4 is 49.6 Å². The molecule has 0 saturated carbocycles. The summed E-state index contributed by atoms with van der Waals surface area (Å²) in [5.74, 6) is -0.146. The summed E-state index contributed by atoms with van der Waals surface area (Å²) in [6.45, 7) is 0. The Morgan fingerprint density at radius 2 is 2.10 bits per heavy atom. The van der Waals surface area contributed by atoms with Crippen molar-refractivity contribution in [3.05, 3.63) is 60.9 Å². The number of fused-ring (bicyclic) bond motifs is 1. The van der Waals surface area contributed by atoms with Gasteiger partial charge in [-0.25, -0.2) is 0 Å². The highest BCUT2D eigenvalue weighted by Gasteiger charge is 2.20. The van der Waals surface area contributed by atoms with Crippen molar-refractivity contribution in [2.24, 2.45) is 0 Å². The third-order valence-corrected chi connectivity index (χ3v) is 4.55. The van der Waals surface area contributed by atoms with Crippen LogP contribution in [-0.2, 0) is 0 Å². The average molecular weight is 351 g/mol. The minimum absolute atomic E-state index is 0.0334. The van der Waals surface area contributed by atoms with Gasteiger partial charge in [0.2, 0.25) is 5.78 Å². The lowest BCUT2D eigenvalue weighted by Crippen LogP contribution is -1.97. The number of ketones is 1. The Kier molecular flexibility index (Phi) is 3.15. The van der Waals surface area contributed by atoms with Gasteiger partial charge in [-0.15, -0.1) is 11.3 Å². The third-order valence-electron chi connectivity index (χ3n) is 2.93. The van der Waals surface area contributed by atoms with Crippen molar-refractivity contribution in [2.75, 3.05) is 0 Å². The van der Waals surface area contributed by atoms with E-state index in [0.29, 0.717) is 21.3 Å². The molecule has 3 rings (SSSR count). The first-order chi connectivity index (χ1) is 9.58. The lowest BCUT2D eigenvalue weighted by Gasteiger charge is -1.96. The van der Waals surface area contributed by atoms with E-state index in [-0.39, 0.29) is 11.5 Å². The van der Waals surface area contributed by atoms with Gasteiger partial charge < -0.3 is 4.98 Å². The fraction of sp³-hybridized carbons (Fsp3) is 0. The summed E-state index contributed by atoms with van der Waals surface area (Å²) >= 11 is 4.65. The van der Waals surface area contributed by atoms with Crippen LogP contribution < -0.4 is 0 Å². The minimum atomic E-state index is -0.463. The molecule has 0 aliphatic rings. The predicted octanol–water partition coefficient (Wildman–Crippen LogP) is 4.13. The van der Waals surface area contributed by atoms with E-state index in [2.05, 4.69) is 20.9 Å². The zero-order valence-corrected chi connectivity index (χ0v) is 12.3. The molecular weight excluding hydrogens is 344 g/mol. The number of benzene rings is 1. The SMILES string of the molecule is O=C(c1ccc(Br)s1)c1c[nH]c2c([N+](=O)[O-])cccc12. The molecule has 0 spiro atoms. The van der Waals surface area contributed by atoms with E-state index in [1.807, 2.05) is 0 Å². The van der Waals surface area contributed by atoms with Crippen LogP contribution in [0.4, 0.5) is 5.69 Å². The van der Waals surface area contributed by atoms with Gasteiger partial charge in [-0.05, 0) is 28.1 Å². The number of thiophene rings is 1. The second-order valence-electron chi connectivity index (χ2n) is 4.09. The van der Waals surface area contributed by atoms with Crippen molar-refractivity contribution < 1.29 is 9.72 Å². The van der Waals surface area contributed by atoms with Crippen molar-refractivity contribution in [1.29, 1.82) is 0 Å². The fourth-order valence-corrected chi connectivity index (χ4v) is 3.39. The normalized spacial score (nSPS) is 10.8. The average Bonchev–Trinajstić information content (AvgIpc) is 3.03. The van der Waals surface area contributed by atoms with Gasteiger partial charge in [-0.2, -0.15) is 0 Å². The van der Waals surface area contributed by atoms with E-state index >= 15 is 0 Å². The molecule has 7 heteroatoms. The summed E-state index contributed by atoms with van der Waals surface area (Å²) in [6, 6.07) is 8.22. The first-order valence-corrected chi connectivity index (χ1v) is 7.23. The summed E-state index contributed by atoms with van der Waals surface area (Å²) in [4.78, 5) is 26.3. The quantitative estimate of drug-likeness (QED) is 0.438. The Morgan fingerprint density at radius 1 is 1.30 bits per heavy atom. The van der Waals surface area contributed by atoms with Crippen LogP contribution in [0, 0.1) is 10.1 Å². The molecule has 0 unspecified atom stereocenters. The molecule has 100 valence electrons. The van der Waals surface area contributed by atoms with E-state index in [0.717, 1.165) is 3.79 Å². The molecule has 0 atom stereocenters. The highest BCUT2D eigenvalue weighted by Crippen LogP contribution is 2.30. The highest BCUT2D eigenvalue weighted by atomic mass is 79.9. The molecule has 3 aromatic rings. The van der Waals surface area contributed by atoms with Crippen LogP contribution in [0.2, 0.25) is 0 Å². The molecule has 1 aromatic carbocycles. The summed E-state index contributed by atoms with van der Waals surface area (Å²) in [6.07, 6.45) is 1.52. The second-order valence-corrected chi connectivity index (χ2v) is 6.56. The number of halogens is 1. The molecule has 1 N–H and O–H groups in total. The molecule has 0 radical (unpaired) electrons. The Morgan fingerprint density at radius 3 is 2.75 bits per heavy atom. The van der Waals surface area contributed by atoms with Crippen LogP contribution in [0.3, 0.4) is 0 Å². The minimum Gasteiger partial charge on any atom is -0.355 e. The molecule has 0 amide bonds. The molecule has 20 heavy (non-hydrogen) atoms. The molecule has 0 aliphatic carbocycles. The van der Waals surface area contributed by atoms with Gasteiger partial charge in [-0.3, -0.25) is 14.9 Å². The number of hydrogen-bond acceptors (Lipinski definition) is 4. The summed E-state index contributed by atoms with van der Waals surface area (Å²) in [5.41, 5.74) is 0.781. The van der Waals surface area contributed by atoms with Crippen LogP contribution in [0.1, 0.15) is 15.2 Å². The van der Waals surface area contributed by atoms with Gasteiger partial charge >= 0.3 is 0 Å². The lowest BCUT2D eigenvalue weighted by molar-refractivity contribution is -0.383. The smallest absolute Gasteiger partial charge is 0.293 e. The summed E-state index contributed by atoms with van der Waals surface area (Å²) in [5, 5.41) is 11.5. The largest absolute Gasteiger partial charge is 0.355 e. The van der Waals surface area contributed by atoms with Gasteiger partial charge in [0.25, 0.3) is 5.69 Å². The number of rotatable bonds is 3. The van der Waals surface area contributed by atoms with Gasteiger partial charge in [0.05, 0.1) is 13.6 Å². The number of hydrogen-bond donors (Lipinski definition) is 1. The van der Waals surface area contributed by atoms with E-state index in [9.17, 15) is 14.9 Å². The standard InChI is InChI=1S/C13H7BrN2O3S/c14-11-5-4-10(20-11)13(17)8-6-15-12-7(8)2-1-3-9(12)16(18)19/h1-6,15H. The van der Waals surface area contributed by atoms with E-state index in [1.165, 1.54) is 23.6 Å². The molecule has 0 fully saturated rings. The second kappa shape index (κ2) is 4.84. The third kappa shape index (κ3) is 2.04. The molecular formula is C13H7BrN2O3S. The van der Waals surface area contributed by atoms with Crippen LogP contribution in [0.25, 0.3) is 10.9 Å². The molecule has 2 aromatic heterocycles. The Hall–Kier alpha value is -1.99. The van der Waals surface area contributed by atoms with Crippen molar-refractivity contribution in [3.8, 4) is 0 Å². The number of carbonyl (C=O) groups is 1. The van der Waals surface area contributed by atoms with Crippen molar-refractivity contribution in [2.45, 2.75) is 0 Å². The number of carbonyl (C=O) groups excluding carboxylic acids is 1. The fourth-order valence-electron chi connectivity index (χ4n) is 2.05. The zero-order chi connectivity index (χ0) is 14.3. The molecule has 5 nitrogen and oxygen atoms in total. The Labute approximate surface area is 125 Å². The summed E-state index contributed by atoms with van der Waals surface area (Å²) in [7, 11) is 0. The lowest BCUT2D eigenvalue weighted by atomic mass is 10.1. The molecule has 0 saturated heterocycles. The summed E-state index contributed by atoms with van der Waals surface area (Å²) < 4.78 is 0.867. The maximum Gasteiger partial charge on any atom is 0.293 e. The molecule has 2 heterocycles. The molecule has 0 aliphatic heterocycles. The number of aromatic amines is 1. The number of nitrogens with zero attached hydrogens (tertiary/aromatic N) is 1. The van der Waals surface area contributed by atoms with Crippen molar-refractivity contribution in [3.63, 3.8) is 0 Å². The number of H-pyrrole nitrogens is 1. The predicted molar refractivity (Wildman–Crippen MR) is 80.4 cm³/mol. The maximum atomic E-state index is 12.4. The topological polar surface area (TPSA) is 76.0 Å². The number of nitro benzene ring substituents is 1. The first kappa shape index (κ1) is 13.0.